The van der Waals surface area contributed by atoms with Crippen molar-refractivity contribution < 1.29 is 9.59 Å². The molecule has 0 unspecified atom stereocenters. The van der Waals surface area contributed by atoms with Crippen LogP contribution in [0.25, 0.3) is 16.5 Å². The van der Waals surface area contributed by atoms with Gasteiger partial charge >= 0.3 is 0 Å². The zero-order valence-corrected chi connectivity index (χ0v) is 12.0. The van der Waals surface area contributed by atoms with Gasteiger partial charge in [0, 0.05) is 22.0 Å². The van der Waals surface area contributed by atoms with E-state index in [2.05, 4.69) is 4.98 Å². The van der Waals surface area contributed by atoms with Crippen molar-refractivity contribution in [3.63, 3.8) is 0 Å². The summed E-state index contributed by atoms with van der Waals surface area (Å²) in [6.07, 6.45) is 0. The molecule has 4 rings (SSSR count). The summed E-state index contributed by atoms with van der Waals surface area (Å²) in [5, 5.41) is 0.803. The summed E-state index contributed by atoms with van der Waals surface area (Å²) < 4.78 is 0. The molecule has 1 aromatic heterocycles. The van der Waals surface area contributed by atoms with Crippen molar-refractivity contribution in [2.24, 2.45) is 0 Å². The zero-order valence-electron chi connectivity index (χ0n) is 12.0. The molecule has 1 heterocycles. The summed E-state index contributed by atoms with van der Waals surface area (Å²) in [4.78, 5) is 28.2. The average molecular weight is 287 g/mol. The second kappa shape index (κ2) is 4.53. The van der Waals surface area contributed by atoms with Gasteiger partial charge in [-0.1, -0.05) is 48.5 Å². The number of Topliss-reactive ketones (excluding diaryl/α,β-unsaturated/α-hetero) is 2. The summed E-state index contributed by atoms with van der Waals surface area (Å²) in [6, 6.07) is 17.3. The molecule has 3 aromatic rings. The molecule has 22 heavy (non-hydrogen) atoms. The highest BCUT2D eigenvalue weighted by molar-refractivity contribution is 6.54. The third-order valence-corrected chi connectivity index (χ3v) is 4.17. The van der Waals surface area contributed by atoms with Crippen LogP contribution in [0, 0.1) is 0 Å². The molecule has 0 fully saturated rings. The monoisotopic (exact) mass is 287 g/mol. The van der Waals surface area contributed by atoms with Crippen LogP contribution in [0.5, 0.6) is 0 Å². The standard InChI is InChI=1S/C19H13NO2/c1-11-15(12-7-3-2-4-8-12)17-16(19(22)18(11)21)13-9-5-6-10-14(13)20-17/h2-10,20H,1H3. The molecular formula is C19H13NO2. The minimum absolute atomic E-state index is 0.420. The summed E-state index contributed by atoms with van der Waals surface area (Å²) in [5.74, 6) is -0.847. The lowest BCUT2D eigenvalue weighted by Gasteiger charge is -2.17. The molecule has 0 atom stereocenters. The maximum atomic E-state index is 12.5. The van der Waals surface area contributed by atoms with E-state index >= 15 is 0 Å². The fraction of sp³-hybridized carbons (Fsp3) is 0.0526. The molecule has 0 spiro atoms. The molecule has 0 aliphatic heterocycles. The number of hydrogen-bond acceptors (Lipinski definition) is 2. The van der Waals surface area contributed by atoms with Gasteiger partial charge in [0.2, 0.25) is 11.6 Å². The lowest BCUT2D eigenvalue weighted by atomic mass is 9.84. The lowest BCUT2D eigenvalue weighted by molar-refractivity contribution is -0.111. The highest BCUT2D eigenvalue weighted by Gasteiger charge is 2.33. The Kier molecular flexibility index (Phi) is 2.63. The maximum Gasteiger partial charge on any atom is 0.235 e. The molecular weight excluding hydrogens is 274 g/mol. The molecule has 0 bridgehead atoms. The SMILES string of the molecule is CC1=C(c2ccccc2)c2[nH]c3ccccc3c2C(=O)C1=O. The highest BCUT2D eigenvalue weighted by atomic mass is 16.2. The van der Waals surface area contributed by atoms with Crippen LogP contribution in [-0.2, 0) is 4.79 Å². The largest absolute Gasteiger partial charge is 0.354 e. The fourth-order valence-corrected chi connectivity index (χ4v) is 3.12. The van der Waals surface area contributed by atoms with Crippen molar-refractivity contribution in [2.75, 3.05) is 0 Å². The van der Waals surface area contributed by atoms with Crippen LogP contribution in [-0.4, -0.2) is 16.6 Å². The van der Waals surface area contributed by atoms with Gasteiger partial charge in [-0.25, -0.2) is 0 Å². The Morgan fingerprint density at radius 2 is 1.50 bits per heavy atom. The van der Waals surface area contributed by atoms with Crippen molar-refractivity contribution in [3.05, 3.63) is 77.0 Å². The number of nitrogens with one attached hydrogen (secondary N) is 1. The third kappa shape index (κ3) is 1.62. The Hall–Kier alpha value is -2.94. The predicted octanol–water partition coefficient (Wildman–Crippen LogP) is 3.76. The molecule has 0 radical (unpaired) electrons. The highest BCUT2D eigenvalue weighted by Crippen LogP contribution is 2.37. The lowest BCUT2D eigenvalue weighted by Crippen LogP contribution is -2.22. The van der Waals surface area contributed by atoms with Crippen LogP contribution in [0.2, 0.25) is 0 Å². The van der Waals surface area contributed by atoms with Gasteiger partial charge in [0.1, 0.15) is 0 Å². The van der Waals surface area contributed by atoms with Gasteiger partial charge in [-0.3, -0.25) is 9.59 Å². The molecule has 3 nitrogen and oxygen atoms in total. The molecule has 0 saturated heterocycles. The molecule has 0 amide bonds. The Labute approximate surface area is 127 Å². The van der Waals surface area contributed by atoms with Crippen molar-refractivity contribution in [2.45, 2.75) is 6.92 Å². The van der Waals surface area contributed by atoms with Crippen LogP contribution < -0.4 is 0 Å². The van der Waals surface area contributed by atoms with Crippen molar-refractivity contribution in [3.8, 4) is 0 Å². The fourth-order valence-electron chi connectivity index (χ4n) is 3.12. The van der Waals surface area contributed by atoms with E-state index in [1.807, 2.05) is 54.6 Å². The van der Waals surface area contributed by atoms with Crippen LogP contribution in [0.3, 0.4) is 0 Å². The number of benzene rings is 2. The maximum absolute atomic E-state index is 12.5. The van der Waals surface area contributed by atoms with E-state index in [-0.39, 0.29) is 0 Å². The second-order valence-corrected chi connectivity index (χ2v) is 5.44. The Morgan fingerprint density at radius 1 is 0.818 bits per heavy atom. The van der Waals surface area contributed by atoms with Gasteiger partial charge in [-0.15, -0.1) is 0 Å². The van der Waals surface area contributed by atoms with E-state index in [0.717, 1.165) is 27.7 Å². The minimum atomic E-state index is -0.426. The number of fused-ring (bicyclic) bond motifs is 3. The first-order valence-corrected chi connectivity index (χ1v) is 7.15. The first-order valence-electron chi connectivity index (χ1n) is 7.15. The summed E-state index contributed by atoms with van der Waals surface area (Å²) in [5.41, 5.74) is 4.36. The first-order chi connectivity index (χ1) is 10.7. The number of hydrogen-bond donors (Lipinski definition) is 1. The topological polar surface area (TPSA) is 49.9 Å². The zero-order chi connectivity index (χ0) is 15.3. The third-order valence-electron chi connectivity index (χ3n) is 4.17. The van der Waals surface area contributed by atoms with E-state index in [1.165, 1.54) is 0 Å². The van der Waals surface area contributed by atoms with E-state index in [0.29, 0.717) is 11.1 Å². The number of allylic oxidation sites excluding steroid dienone is 1. The second-order valence-electron chi connectivity index (χ2n) is 5.44. The van der Waals surface area contributed by atoms with E-state index in [4.69, 9.17) is 0 Å². The van der Waals surface area contributed by atoms with Crippen LogP contribution in [0.4, 0.5) is 0 Å². The Morgan fingerprint density at radius 3 is 2.27 bits per heavy atom. The Bertz CT molecular complexity index is 962. The summed E-state index contributed by atoms with van der Waals surface area (Å²) >= 11 is 0. The van der Waals surface area contributed by atoms with Gasteiger partial charge in [-0.2, -0.15) is 0 Å². The molecule has 0 saturated carbocycles. The van der Waals surface area contributed by atoms with Gasteiger partial charge < -0.3 is 4.98 Å². The molecule has 106 valence electrons. The predicted molar refractivity (Wildman–Crippen MR) is 85.8 cm³/mol. The molecule has 3 heteroatoms. The van der Waals surface area contributed by atoms with Crippen LogP contribution >= 0.6 is 0 Å². The average Bonchev–Trinajstić information content (AvgIpc) is 2.93. The van der Waals surface area contributed by atoms with Crippen molar-refractivity contribution in [1.82, 2.24) is 4.98 Å². The van der Waals surface area contributed by atoms with E-state index in [1.54, 1.807) is 6.92 Å². The number of aromatic amines is 1. The minimum Gasteiger partial charge on any atom is -0.354 e. The molecule has 1 aliphatic carbocycles. The number of para-hydroxylation sites is 1. The number of carbonyl (C=O) groups excluding carboxylic acids is 2. The normalized spacial score (nSPS) is 14.6. The molecule has 1 aliphatic rings. The van der Waals surface area contributed by atoms with E-state index in [9.17, 15) is 9.59 Å². The number of rotatable bonds is 1. The van der Waals surface area contributed by atoms with Gasteiger partial charge in [0.05, 0.1) is 11.3 Å². The smallest absolute Gasteiger partial charge is 0.235 e. The number of aromatic nitrogens is 1. The first kappa shape index (κ1) is 12.8. The van der Waals surface area contributed by atoms with E-state index < -0.39 is 11.6 Å². The van der Waals surface area contributed by atoms with Crippen molar-refractivity contribution in [1.29, 1.82) is 0 Å². The van der Waals surface area contributed by atoms with Gasteiger partial charge in [0.15, 0.2) is 0 Å². The van der Waals surface area contributed by atoms with Crippen LogP contribution in [0.15, 0.2) is 60.2 Å². The number of carbonyl (C=O) groups is 2. The number of ketones is 2. The number of H-pyrrole nitrogens is 1. The van der Waals surface area contributed by atoms with Crippen molar-refractivity contribution >= 4 is 28.0 Å². The summed E-state index contributed by atoms with van der Waals surface area (Å²) in [6.45, 7) is 1.72. The Balaban J connectivity index is 2.12. The molecule has 2 aromatic carbocycles. The van der Waals surface area contributed by atoms with Crippen LogP contribution in [0.1, 0.15) is 28.5 Å². The van der Waals surface area contributed by atoms with Gasteiger partial charge in [-0.05, 0) is 18.6 Å². The quantitative estimate of drug-likeness (QED) is 0.693. The molecule has 1 N–H and O–H groups in total. The van der Waals surface area contributed by atoms with Gasteiger partial charge in [0.25, 0.3) is 0 Å². The summed E-state index contributed by atoms with van der Waals surface area (Å²) in [7, 11) is 0.